The highest BCUT2D eigenvalue weighted by atomic mass is 79.9. The molecule has 0 saturated heterocycles. The normalized spacial score (nSPS) is 10.4. The molecule has 0 aliphatic rings. The van der Waals surface area contributed by atoms with Gasteiger partial charge in [-0.2, -0.15) is 0 Å². The Morgan fingerprint density at radius 1 is 1.04 bits per heavy atom. The Bertz CT molecular complexity index is 779. The second-order valence-corrected chi connectivity index (χ2v) is 7.41. The quantitative estimate of drug-likeness (QED) is 0.637. The van der Waals surface area contributed by atoms with E-state index in [1.54, 1.807) is 30.3 Å². The monoisotopic (exact) mass is 468 g/mol. The minimum absolute atomic E-state index is 0.0769. The number of amides is 2. The van der Waals surface area contributed by atoms with Gasteiger partial charge in [0.25, 0.3) is 5.91 Å². The van der Waals surface area contributed by atoms with Crippen LogP contribution in [0.25, 0.3) is 0 Å². The first-order valence-corrected chi connectivity index (χ1v) is 9.22. The van der Waals surface area contributed by atoms with E-state index in [9.17, 15) is 9.59 Å². The molecule has 2 N–H and O–H groups in total. The van der Waals surface area contributed by atoms with Crippen molar-refractivity contribution in [2.75, 3.05) is 17.2 Å². The predicted octanol–water partition coefficient (Wildman–Crippen LogP) is 4.82. The predicted molar refractivity (Wildman–Crippen MR) is 106 cm³/mol. The van der Waals surface area contributed by atoms with Crippen LogP contribution in [0.4, 0.5) is 11.4 Å². The fraction of sp³-hybridized carbons (Fsp3) is 0.222. The number of rotatable bonds is 6. The van der Waals surface area contributed by atoms with Gasteiger partial charge in [-0.05, 0) is 52.3 Å². The lowest BCUT2D eigenvalue weighted by atomic mass is 10.2. The van der Waals surface area contributed by atoms with Crippen molar-refractivity contribution in [2.24, 2.45) is 5.92 Å². The van der Waals surface area contributed by atoms with Gasteiger partial charge in [0, 0.05) is 21.8 Å². The highest BCUT2D eigenvalue weighted by Gasteiger charge is 2.09. The highest BCUT2D eigenvalue weighted by molar-refractivity contribution is 9.11. The van der Waals surface area contributed by atoms with Crippen LogP contribution in [-0.2, 0) is 9.59 Å². The average Bonchev–Trinajstić information content (AvgIpc) is 2.54. The topological polar surface area (TPSA) is 67.4 Å². The zero-order valence-electron chi connectivity index (χ0n) is 13.8. The summed E-state index contributed by atoms with van der Waals surface area (Å²) in [6, 6.07) is 12.4. The number of ether oxygens (including phenoxy) is 1. The van der Waals surface area contributed by atoms with Crippen LogP contribution in [0.1, 0.15) is 13.8 Å². The number of halogens is 2. The molecule has 7 heteroatoms. The van der Waals surface area contributed by atoms with Crippen molar-refractivity contribution in [2.45, 2.75) is 13.8 Å². The Morgan fingerprint density at radius 3 is 2.36 bits per heavy atom. The molecule has 2 amide bonds. The van der Waals surface area contributed by atoms with Crippen molar-refractivity contribution in [1.82, 2.24) is 0 Å². The second-order valence-electron chi connectivity index (χ2n) is 5.64. The van der Waals surface area contributed by atoms with Gasteiger partial charge in [0.2, 0.25) is 5.91 Å². The summed E-state index contributed by atoms with van der Waals surface area (Å²) in [5.74, 6) is 0.0985. The van der Waals surface area contributed by atoms with E-state index in [1.807, 2.05) is 26.0 Å². The zero-order chi connectivity index (χ0) is 18.4. The number of hydrogen-bond donors (Lipinski definition) is 2. The molecule has 0 aromatic heterocycles. The summed E-state index contributed by atoms with van der Waals surface area (Å²) in [6.45, 7) is 3.51. The summed E-state index contributed by atoms with van der Waals surface area (Å²) < 4.78 is 7.17. The molecular formula is C18H18Br2N2O3. The smallest absolute Gasteiger partial charge is 0.262 e. The van der Waals surface area contributed by atoms with Gasteiger partial charge in [0.15, 0.2) is 6.61 Å². The van der Waals surface area contributed by atoms with Gasteiger partial charge in [0.05, 0.1) is 4.47 Å². The molecule has 0 bridgehead atoms. The van der Waals surface area contributed by atoms with Crippen molar-refractivity contribution in [3.05, 3.63) is 51.4 Å². The molecular weight excluding hydrogens is 452 g/mol. The van der Waals surface area contributed by atoms with Crippen molar-refractivity contribution in [1.29, 1.82) is 0 Å². The maximum absolute atomic E-state index is 12.1. The van der Waals surface area contributed by atoms with E-state index in [1.165, 1.54) is 0 Å². The number of carbonyl (C=O) groups excluding carboxylic acids is 2. The summed E-state index contributed by atoms with van der Waals surface area (Å²) in [7, 11) is 0. The average molecular weight is 470 g/mol. The fourth-order valence-corrected chi connectivity index (χ4v) is 3.06. The van der Waals surface area contributed by atoms with E-state index in [0.29, 0.717) is 17.1 Å². The number of benzene rings is 2. The van der Waals surface area contributed by atoms with E-state index in [0.717, 1.165) is 8.95 Å². The SMILES string of the molecule is CC(C)C(=O)Nc1cccc(NC(=O)COc2ccc(Br)cc2Br)c1. The van der Waals surface area contributed by atoms with Gasteiger partial charge in [-0.25, -0.2) is 0 Å². The largest absolute Gasteiger partial charge is 0.483 e. The Morgan fingerprint density at radius 2 is 1.72 bits per heavy atom. The third-order valence-electron chi connectivity index (χ3n) is 3.19. The fourth-order valence-electron chi connectivity index (χ4n) is 1.89. The van der Waals surface area contributed by atoms with E-state index in [-0.39, 0.29) is 24.3 Å². The molecule has 25 heavy (non-hydrogen) atoms. The van der Waals surface area contributed by atoms with E-state index in [2.05, 4.69) is 42.5 Å². The third kappa shape index (κ3) is 6.17. The molecule has 2 rings (SSSR count). The lowest BCUT2D eigenvalue weighted by molar-refractivity contribution is -0.119. The molecule has 0 aliphatic heterocycles. The molecule has 0 aliphatic carbocycles. The number of anilines is 2. The van der Waals surface area contributed by atoms with Crippen LogP contribution < -0.4 is 15.4 Å². The molecule has 0 fully saturated rings. The first-order chi connectivity index (χ1) is 11.8. The van der Waals surface area contributed by atoms with Gasteiger partial charge >= 0.3 is 0 Å². The first-order valence-electron chi connectivity index (χ1n) is 7.64. The van der Waals surface area contributed by atoms with Crippen LogP contribution in [0, 0.1) is 5.92 Å². The lowest BCUT2D eigenvalue weighted by Crippen LogP contribution is -2.21. The van der Waals surface area contributed by atoms with Crippen molar-refractivity contribution >= 4 is 55.0 Å². The van der Waals surface area contributed by atoms with E-state index in [4.69, 9.17) is 4.74 Å². The molecule has 0 saturated carbocycles. The Labute approximate surface area is 163 Å². The van der Waals surface area contributed by atoms with Crippen LogP contribution in [0.3, 0.4) is 0 Å². The van der Waals surface area contributed by atoms with Gasteiger partial charge in [-0.15, -0.1) is 0 Å². The van der Waals surface area contributed by atoms with Crippen LogP contribution in [0.2, 0.25) is 0 Å². The molecule has 0 heterocycles. The summed E-state index contributed by atoms with van der Waals surface area (Å²) in [6.07, 6.45) is 0. The van der Waals surface area contributed by atoms with Crippen LogP contribution in [0.15, 0.2) is 51.4 Å². The summed E-state index contributed by atoms with van der Waals surface area (Å²) >= 11 is 6.74. The lowest BCUT2D eigenvalue weighted by Gasteiger charge is -2.11. The minimum Gasteiger partial charge on any atom is -0.483 e. The standard InChI is InChI=1S/C18H18Br2N2O3/c1-11(2)18(24)22-14-5-3-4-13(9-14)21-17(23)10-25-16-7-6-12(19)8-15(16)20/h3-9,11H,10H2,1-2H3,(H,21,23)(H,22,24). The summed E-state index contributed by atoms with van der Waals surface area (Å²) in [4.78, 5) is 23.8. The van der Waals surface area contributed by atoms with Crippen molar-refractivity contribution < 1.29 is 14.3 Å². The van der Waals surface area contributed by atoms with Gasteiger partial charge in [-0.1, -0.05) is 35.8 Å². The van der Waals surface area contributed by atoms with Crippen LogP contribution in [-0.4, -0.2) is 18.4 Å². The Hall–Kier alpha value is -1.86. The second kappa shape index (κ2) is 9.01. The van der Waals surface area contributed by atoms with Crippen molar-refractivity contribution in [3.8, 4) is 5.75 Å². The van der Waals surface area contributed by atoms with Crippen LogP contribution in [0.5, 0.6) is 5.75 Å². The van der Waals surface area contributed by atoms with Gasteiger partial charge in [0.1, 0.15) is 5.75 Å². The molecule has 0 unspecified atom stereocenters. The highest BCUT2D eigenvalue weighted by Crippen LogP contribution is 2.28. The van der Waals surface area contributed by atoms with E-state index < -0.39 is 0 Å². The van der Waals surface area contributed by atoms with Gasteiger partial charge in [-0.3, -0.25) is 9.59 Å². The first kappa shape index (κ1) is 19.5. The molecule has 5 nitrogen and oxygen atoms in total. The molecule has 132 valence electrons. The molecule has 0 spiro atoms. The summed E-state index contributed by atoms with van der Waals surface area (Å²) in [5, 5.41) is 5.54. The maximum atomic E-state index is 12.1. The van der Waals surface area contributed by atoms with E-state index >= 15 is 0 Å². The number of hydrogen-bond acceptors (Lipinski definition) is 3. The zero-order valence-corrected chi connectivity index (χ0v) is 17.0. The molecule has 0 atom stereocenters. The number of nitrogens with one attached hydrogen (secondary N) is 2. The van der Waals surface area contributed by atoms with Crippen molar-refractivity contribution in [3.63, 3.8) is 0 Å². The maximum Gasteiger partial charge on any atom is 0.262 e. The minimum atomic E-state index is -0.290. The molecule has 2 aromatic carbocycles. The Kier molecular flexibility index (Phi) is 7.01. The Balaban J connectivity index is 1.93. The molecule has 0 radical (unpaired) electrons. The number of carbonyl (C=O) groups is 2. The van der Waals surface area contributed by atoms with Gasteiger partial charge < -0.3 is 15.4 Å². The van der Waals surface area contributed by atoms with Crippen LogP contribution >= 0.6 is 31.9 Å². The summed E-state index contributed by atoms with van der Waals surface area (Å²) in [5.41, 5.74) is 1.22. The molecule has 2 aromatic rings. The third-order valence-corrected chi connectivity index (χ3v) is 4.30.